The van der Waals surface area contributed by atoms with E-state index >= 15 is 0 Å². The van der Waals surface area contributed by atoms with Gasteiger partial charge < -0.3 is 14.9 Å². The van der Waals surface area contributed by atoms with E-state index in [0.29, 0.717) is 5.56 Å². The first-order valence-electron chi connectivity index (χ1n) is 4.22. The lowest BCUT2D eigenvalue weighted by Crippen LogP contribution is -2.19. The number of phenols is 1. The quantitative estimate of drug-likeness (QED) is 0.763. The number of aromatic hydroxyl groups is 1. The molecule has 2 N–H and O–H groups in total. The third-order valence-electron chi connectivity index (χ3n) is 1.83. The maximum Gasteiger partial charge on any atom is 0.332 e. The topological polar surface area (TPSA) is 66.8 Å². The van der Waals surface area contributed by atoms with Gasteiger partial charge in [-0.15, -0.1) is 0 Å². The molecule has 4 nitrogen and oxygen atoms in total. The van der Waals surface area contributed by atoms with Gasteiger partial charge in [0.25, 0.3) is 0 Å². The van der Waals surface area contributed by atoms with Crippen molar-refractivity contribution in [2.75, 3.05) is 0 Å². The number of hydrogen-bond donors (Lipinski definition) is 2. The molecule has 0 aliphatic heterocycles. The molecular weight excluding hydrogens is 184 g/mol. The highest BCUT2D eigenvalue weighted by atomic mass is 16.5. The number of benzene rings is 1. The molecule has 1 rings (SSSR count). The Bertz CT molecular complexity index is 322. The van der Waals surface area contributed by atoms with Crippen LogP contribution in [0.15, 0.2) is 24.3 Å². The van der Waals surface area contributed by atoms with Crippen molar-refractivity contribution in [3.63, 3.8) is 0 Å². The fraction of sp³-hybridized carbons (Fsp3) is 0.300. The van der Waals surface area contributed by atoms with Gasteiger partial charge >= 0.3 is 5.97 Å². The Hall–Kier alpha value is -1.55. The van der Waals surface area contributed by atoms with Gasteiger partial charge in [-0.25, -0.2) is 4.79 Å². The fourth-order valence-corrected chi connectivity index (χ4v) is 0.919. The van der Waals surface area contributed by atoms with E-state index in [1.54, 1.807) is 18.2 Å². The van der Waals surface area contributed by atoms with Crippen LogP contribution >= 0.6 is 0 Å². The highest BCUT2D eigenvalue weighted by molar-refractivity contribution is 5.71. The first kappa shape index (κ1) is 10.5. The summed E-state index contributed by atoms with van der Waals surface area (Å²) in [5.41, 5.74) is 0.584. The lowest BCUT2D eigenvalue weighted by Gasteiger charge is -2.09. The average molecular weight is 196 g/mol. The van der Waals surface area contributed by atoms with Crippen molar-refractivity contribution in [2.24, 2.45) is 0 Å². The minimum atomic E-state index is -1.01. The van der Waals surface area contributed by atoms with Crippen molar-refractivity contribution in [3.05, 3.63) is 29.8 Å². The molecule has 0 spiro atoms. The third-order valence-corrected chi connectivity index (χ3v) is 1.83. The Labute approximate surface area is 81.8 Å². The number of para-hydroxylation sites is 1. The predicted octanol–water partition coefficient (Wildman–Crippen LogP) is 1.38. The fourth-order valence-electron chi connectivity index (χ4n) is 0.919. The van der Waals surface area contributed by atoms with Crippen molar-refractivity contribution >= 4 is 5.97 Å². The smallest absolute Gasteiger partial charge is 0.332 e. The first-order valence-corrected chi connectivity index (χ1v) is 4.22. The molecule has 1 atom stereocenters. The van der Waals surface area contributed by atoms with E-state index < -0.39 is 12.1 Å². The van der Waals surface area contributed by atoms with Gasteiger partial charge in [0, 0.05) is 5.56 Å². The Morgan fingerprint density at radius 2 is 2.14 bits per heavy atom. The lowest BCUT2D eigenvalue weighted by atomic mass is 10.2. The van der Waals surface area contributed by atoms with Crippen LogP contribution in [0, 0.1) is 0 Å². The Morgan fingerprint density at radius 3 is 2.71 bits per heavy atom. The van der Waals surface area contributed by atoms with Crippen LogP contribution in [0.2, 0.25) is 0 Å². The average Bonchev–Trinajstić information content (AvgIpc) is 2.16. The SMILES string of the molecule is CC(OCc1ccccc1O)C(=O)O. The highest BCUT2D eigenvalue weighted by Gasteiger charge is 2.11. The number of carboxylic acid groups (broad SMARTS) is 1. The lowest BCUT2D eigenvalue weighted by molar-refractivity contribution is -0.149. The second-order valence-electron chi connectivity index (χ2n) is 2.92. The van der Waals surface area contributed by atoms with Gasteiger partial charge in [0.2, 0.25) is 0 Å². The standard InChI is InChI=1S/C10H12O4/c1-7(10(12)13)14-6-8-4-2-3-5-9(8)11/h2-5,7,11H,6H2,1H3,(H,12,13). The number of carbonyl (C=O) groups is 1. The van der Waals surface area contributed by atoms with Crippen molar-refractivity contribution in [3.8, 4) is 5.75 Å². The van der Waals surface area contributed by atoms with Gasteiger partial charge in [0.05, 0.1) is 6.61 Å². The molecular formula is C10H12O4. The minimum Gasteiger partial charge on any atom is -0.508 e. The molecule has 1 aromatic carbocycles. The molecule has 0 fully saturated rings. The van der Waals surface area contributed by atoms with E-state index in [0.717, 1.165) is 0 Å². The second-order valence-corrected chi connectivity index (χ2v) is 2.92. The molecule has 0 heterocycles. The van der Waals surface area contributed by atoms with Gasteiger partial charge in [-0.3, -0.25) is 0 Å². The summed E-state index contributed by atoms with van der Waals surface area (Å²) in [6, 6.07) is 6.66. The van der Waals surface area contributed by atoms with Crippen molar-refractivity contribution in [2.45, 2.75) is 19.6 Å². The zero-order valence-corrected chi connectivity index (χ0v) is 7.80. The van der Waals surface area contributed by atoms with E-state index in [2.05, 4.69) is 0 Å². The van der Waals surface area contributed by atoms with Crippen LogP contribution in [0.5, 0.6) is 5.75 Å². The van der Waals surface area contributed by atoms with Crippen LogP contribution in [0.4, 0.5) is 0 Å². The number of hydrogen-bond acceptors (Lipinski definition) is 3. The van der Waals surface area contributed by atoms with E-state index in [1.165, 1.54) is 13.0 Å². The minimum absolute atomic E-state index is 0.0974. The molecule has 14 heavy (non-hydrogen) atoms. The van der Waals surface area contributed by atoms with Gasteiger partial charge in [0.15, 0.2) is 6.10 Å². The van der Waals surface area contributed by atoms with Crippen LogP contribution < -0.4 is 0 Å². The van der Waals surface area contributed by atoms with Gasteiger partial charge in [-0.05, 0) is 13.0 Å². The third kappa shape index (κ3) is 2.74. The monoisotopic (exact) mass is 196 g/mol. The summed E-state index contributed by atoms with van der Waals surface area (Å²) < 4.78 is 5.01. The summed E-state index contributed by atoms with van der Waals surface area (Å²) in [7, 11) is 0. The Balaban J connectivity index is 2.54. The number of rotatable bonds is 4. The summed E-state index contributed by atoms with van der Waals surface area (Å²) in [6.07, 6.45) is -0.866. The van der Waals surface area contributed by atoms with Gasteiger partial charge in [-0.1, -0.05) is 18.2 Å². The van der Waals surface area contributed by atoms with Crippen molar-refractivity contribution < 1.29 is 19.7 Å². The van der Waals surface area contributed by atoms with Crippen LogP contribution in [0.1, 0.15) is 12.5 Å². The van der Waals surface area contributed by atoms with Crippen molar-refractivity contribution in [1.29, 1.82) is 0 Å². The zero-order valence-electron chi connectivity index (χ0n) is 7.80. The zero-order chi connectivity index (χ0) is 10.6. The van der Waals surface area contributed by atoms with E-state index in [4.69, 9.17) is 9.84 Å². The number of phenolic OH excluding ortho intramolecular Hbond substituents is 1. The summed E-state index contributed by atoms with van der Waals surface area (Å²) in [4.78, 5) is 10.4. The maximum atomic E-state index is 10.4. The van der Waals surface area contributed by atoms with Crippen molar-refractivity contribution in [1.82, 2.24) is 0 Å². The number of ether oxygens (including phenoxy) is 1. The number of aliphatic carboxylic acids is 1. The van der Waals surface area contributed by atoms with Gasteiger partial charge in [0.1, 0.15) is 5.75 Å². The first-order chi connectivity index (χ1) is 6.61. The molecule has 1 aromatic rings. The van der Waals surface area contributed by atoms with Gasteiger partial charge in [-0.2, -0.15) is 0 Å². The summed E-state index contributed by atoms with van der Waals surface area (Å²) in [5, 5.41) is 17.9. The maximum absolute atomic E-state index is 10.4. The number of carboxylic acids is 1. The Morgan fingerprint density at radius 1 is 1.50 bits per heavy atom. The molecule has 0 aromatic heterocycles. The van der Waals surface area contributed by atoms with E-state index in [-0.39, 0.29) is 12.4 Å². The van der Waals surface area contributed by atoms with Crippen LogP contribution in [-0.4, -0.2) is 22.3 Å². The summed E-state index contributed by atoms with van der Waals surface area (Å²) >= 11 is 0. The summed E-state index contributed by atoms with van der Waals surface area (Å²) in [6.45, 7) is 1.54. The molecule has 0 saturated carbocycles. The van der Waals surface area contributed by atoms with E-state index in [1.807, 2.05) is 0 Å². The predicted molar refractivity (Wildman–Crippen MR) is 50.0 cm³/mol. The largest absolute Gasteiger partial charge is 0.508 e. The second kappa shape index (κ2) is 4.62. The molecule has 0 aliphatic carbocycles. The molecule has 0 aliphatic rings. The molecule has 0 bridgehead atoms. The van der Waals surface area contributed by atoms with E-state index in [9.17, 15) is 9.90 Å². The molecule has 76 valence electrons. The molecule has 0 saturated heterocycles. The summed E-state index contributed by atoms with van der Waals surface area (Å²) in [5.74, 6) is -0.898. The highest BCUT2D eigenvalue weighted by Crippen LogP contribution is 2.16. The van der Waals surface area contributed by atoms with Crippen LogP contribution in [0.3, 0.4) is 0 Å². The normalized spacial score (nSPS) is 12.4. The molecule has 0 radical (unpaired) electrons. The van der Waals surface area contributed by atoms with Crippen LogP contribution in [-0.2, 0) is 16.1 Å². The van der Waals surface area contributed by atoms with Crippen LogP contribution in [0.25, 0.3) is 0 Å². The molecule has 1 unspecified atom stereocenters. The molecule has 0 amide bonds. The Kier molecular flexibility index (Phi) is 3.48. The molecule has 4 heteroatoms.